The molecule has 0 N–H and O–H groups in total. The molecule has 1 aliphatic carbocycles. The number of imidazole rings is 1. The zero-order chi connectivity index (χ0) is 17.4. The number of carbonyl (C=O) groups excluding carboxylic acids is 1. The first-order valence-electron chi connectivity index (χ1n) is 8.87. The minimum absolute atomic E-state index is 0.00686. The summed E-state index contributed by atoms with van der Waals surface area (Å²) in [7, 11) is 0. The van der Waals surface area contributed by atoms with E-state index in [1.165, 1.54) is 11.3 Å². The first kappa shape index (κ1) is 16.3. The molecule has 3 aromatic heterocycles. The van der Waals surface area contributed by atoms with Gasteiger partial charge in [0.25, 0.3) is 0 Å². The summed E-state index contributed by atoms with van der Waals surface area (Å²) < 4.78 is 2.00. The second-order valence-corrected chi connectivity index (χ2v) is 8.12. The van der Waals surface area contributed by atoms with Gasteiger partial charge in [-0.15, -0.1) is 11.3 Å². The van der Waals surface area contributed by atoms with Gasteiger partial charge in [0.1, 0.15) is 5.65 Å². The van der Waals surface area contributed by atoms with Crippen molar-refractivity contribution in [3.63, 3.8) is 0 Å². The number of hydrogen-bond donors (Lipinski definition) is 0. The molecule has 0 aromatic carbocycles. The lowest BCUT2D eigenvalue weighted by atomic mass is 9.73. The molecule has 0 spiro atoms. The molecule has 25 heavy (non-hydrogen) atoms. The van der Waals surface area contributed by atoms with Gasteiger partial charge in [0.15, 0.2) is 0 Å². The maximum Gasteiger partial charge on any atom is 0.226 e. The Morgan fingerprint density at radius 1 is 1.36 bits per heavy atom. The lowest BCUT2D eigenvalue weighted by Gasteiger charge is -2.50. The van der Waals surface area contributed by atoms with E-state index in [1.54, 1.807) is 17.5 Å². The number of fused-ring (bicyclic) bond motifs is 1. The fraction of sp³-hybridized carbons (Fsp3) is 0.400. The third-order valence-electron chi connectivity index (χ3n) is 5.24. The summed E-state index contributed by atoms with van der Waals surface area (Å²) in [6.07, 6.45) is 9.05. The highest BCUT2D eigenvalue weighted by Crippen LogP contribution is 2.49. The average Bonchev–Trinajstić information content (AvgIpc) is 3.23. The first-order chi connectivity index (χ1) is 12.1. The van der Waals surface area contributed by atoms with Crippen LogP contribution >= 0.6 is 11.3 Å². The first-order valence-corrected chi connectivity index (χ1v) is 9.75. The van der Waals surface area contributed by atoms with Crippen LogP contribution in [0.15, 0.2) is 48.2 Å². The summed E-state index contributed by atoms with van der Waals surface area (Å²) in [6.45, 7) is 4.63. The zero-order valence-corrected chi connectivity index (χ0v) is 15.5. The van der Waals surface area contributed by atoms with Crippen molar-refractivity contribution in [2.75, 3.05) is 0 Å². The Morgan fingerprint density at radius 3 is 2.84 bits per heavy atom. The topological polar surface area (TPSA) is 37.6 Å². The van der Waals surface area contributed by atoms with Crippen LogP contribution in [-0.4, -0.2) is 20.2 Å². The minimum atomic E-state index is -0.128. The van der Waals surface area contributed by atoms with Crippen molar-refractivity contribution >= 4 is 22.9 Å². The Kier molecular flexibility index (Phi) is 4.12. The molecular weight excluding hydrogens is 330 g/mol. The van der Waals surface area contributed by atoms with E-state index in [0.29, 0.717) is 6.54 Å². The van der Waals surface area contributed by atoms with E-state index in [9.17, 15) is 4.79 Å². The Balaban J connectivity index is 1.72. The summed E-state index contributed by atoms with van der Waals surface area (Å²) >= 11 is 1.77. The predicted molar refractivity (Wildman–Crippen MR) is 100 cm³/mol. The van der Waals surface area contributed by atoms with Crippen LogP contribution < -0.4 is 0 Å². The van der Waals surface area contributed by atoms with Crippen LogP contribution in [0.4, 0.5) is 0 Å². The van der Waals surface area contributed by atoms with E-state index in [0.717, 1.165) is 24.1 Å². The molecule has 0 unspecified atom stereocenters. The van der Waals surface area contributed by atoms with Crippen molar-refractivity contribution in [1.82, 2.24) is 14.3 Å². The summed E-state index contributed by atoms with van der Waals surface area (Å²) in [5.74, 6) is 0.226. The predicted octanol–water partition coefficient (Wildman–Crippen LogP) is 4.46. The molecule has 0 saturated heterocycles. The van der Waals surface area contributed by atoms with Gasteiger partial charge in [-0.05, 0) is 48.4 Å². The second kappa shape index (κ2) is 6.30. The highest BCUT2D eigenvalue weighted by Gasteiger charge is 2.47. The SMILES string of the molecule is CC(C)C(=O)N(Cc1ccn2ccnc2c1)C1(c2cccs2)CCC1. The van der Waals surface area contributed by atoms with Crippen LogP contribution in [0.1, 0.15) is 43.6 Å². The number of nitrogens with zero attached hydrogens (tertiary/aromatic N) is 3. The molecular formula is C20H23N3OS. The molecule has 3 heterocycles. The van der Waals surface area contributed by atoms with Crippen LogP contribution in [0.2, 0.25) is 0 Å². The largest absolute Gasteiger partial charge is 0.328 e. The van der Waals surface area contributed by atoms with Crippen molar-refractivity contribution in [3.8, 4) is 0 Å². The summed E-state index contributed by atoms with van der Waals surface area (Å²) in [6, 6.07) is 8.45. The molecule has 1 amide bonds. The fourth-order valence-corrected chi connectivity index (χ4v) is 4.68. The quantitative estimate of drug-likeness (QED) is 0.679. The smallest absolute Gasteiger partial charge is 0.226 e. The van der Waals surface area contributed by atoms with Crippen molar-refractivity contribution in [2.24, 2.45) is 5.92 Å². The van der Waals surface area contributed by atoms with E-state index in [-0.39, 0.29) is 17.4 Å². The third kappa shape index (κ3) is 2.76. The summed E-state index contributed by atoms with van der Waals surface area (Å²) in [5.41, 5.74) is 1.93. The van der Waals surface area contributed by atoms with Gasteiger partial charge in [-0.3, -0.25) is 4.79 Å². The highest BCUT2D eigenvalue weighted by atomic mass is 32.1. The van der Waals surface area contributed by atoms with Crippen LogP contribution in [-0.2, 0) is 16.9 Å². The Labute approximate surface area is 152 Å². The minimum Gasteiger partial charge on any atom is -0.328 e. The number of rotatable bonds is 5. The van der Waals surface area contributed by atoms with E-state index < -0.39 is 0 Å². The normalized spacial score (nSPS) is 16.1. The third-order valence-corrected chi connectivity index (χ3v) is 6.30. The Bertz CT molecular complexity index is 877. The van der Waals surface area contributed by atoms with Crippen LogP contribution in [0, 0.1) is 5.92 Å². The van der Waals surface area contributed by atoms with E-state index in [1.807, 2.05) is 30.6 Å². The van der Waals surface area contributed by atoms with Crippen molar-refractivity contribution in [1.29, 1.82) is 0 Å². The van der Waals surface area contributed by atoms with Gasteiger partial charge in [-0.1, -0.05) is 19.9 Å². The van der Waals surface area contributed by atoms with Gasteiger partial charge in [0.05, 0.1) is 5.54 Å². The molecule has 1 saturated carbocycles. The second-order valence-electron chi connectivity index (χ2n) is 7.17. The lowest BCUT2D eigenvalue weighted by molar-refractivity contribution is -0.147. The maximum absolute atomic E-state index is 13.1. The molecule has 1 aliphatic rings. The van der Waals surface area contributed by atoms with Gasteiger partial charge in [0, 0.05) is 35.9 Å². The highest BCUT2D eigenvalue weighted by molar-refractivity contribution is 7.10. The zero-order valence-electron chi connectivity index (χ0n) is 14.7. The molecule has 3 aromatic rings. The van der Waals surface area contributed by atoms with Crippen molar-refractivity contribution in [2.45, 2.75) is 45.2 Å². The Hall–Kier alpha value is -2.14. The average molecular weight is 353 g/mol. The van der Waals surface area contributed by atoms with Gasteiger partial charge in [0.2, 0.25) is 5.91 Å². The molecule has 0 bridgehead atoms. The van der Waals surface area contributed by atoms with Crippen molar-refractivity contribution in [3.05, 3.63) is 58.7 Å². The van der Waals surface area contributed by atoms with E-state index >= 15 is 0 Å². The lowest BCUT2D eigenvalue weighted by Crippen LogP contribution is -2.54. The molecule has 4 nitrogen and oxygen atoms in total. The van der Waals surface area contributed by atoms with Crippen LogP contribution in [0.3, 0.4) is 0 Å². The molecule has 0 radical (unpaired) electrons. The molecule has 5 heteroatoms. The van der Waals surface area contributed by atoms with E-state index in [2.05, 4.69) is 39.5 Å². The molecule has 4 rings (SSSR count). The molecule has 130 valence electrons. The molecule has 0 atom stereocenters. The number of thiophene rings is 1. The maximum atomic E-state index is 13.1. The number of amides is 1. The van der Waals surface area contributed by atoms with Crippen LogP contribution in [0.25, 0.3) is 5.65 Å². The standard InChI is InChI=1S/C20H23N3OS/c1-15(2)19(24)23(20(7-4-8-20)17-5-3-12-25-17)14-16-6-10-22-11-9-21-18(22)13-16/h3,5-6,9-13,15H,4,7-8,14H2,1-2H3. The number of carbonyl (C=O) groups is 1. The van der Waals surface area contributed by atoms with Crippen LogP contribution in [0.5, 0.6) is 0 Å². The number of hydrogen-bond acceptors (Lipinski definition) is 3. The number of pyridine rings is 1. The van der Waals surface area contributed by atoms with Gasteiger partial charge >= 0.3 is 0 Å². The fourth-order valence-electron chi connectivity index (χ4n) is 3.69. The van der Waals surface area contributed by atoms with Crippen molar-refractivity contribution < 1.29 is 4.79 Å². The summed E-state index contributed by atoms with van der Waals surface area (Å²) in [5, 5.41) is 2.12. The van der Waals surface area contributed by atoms with Gasteiger partial charge in [-0.2, -0.15) is 0 Å². The van der Waals surface area contributed by atoms with Gasteiger partial charge < -0.3 is 9.30 Å². The molecule has 1 fully saturated rings. The Morgan fingerprint density at radius 2 is 2.20 bits per heavy atom. The number of aromatic nitrogens is 2. The monoisotopic (exact) mass is 353 g/mol. The molecule has 0 aliphatic heterocycles. The summed E-state index contributed by atoms with van der Waals surface area (Å²) in [4.78, 5) is 20.9. The van der Waals surface area contributed by atoms with Gasteiger partial charge in [-0.25, -0.2) is 4.98 Å². The van der Waals surface area contributed by atoms with E-state index in [4.69, 9.17) is 0 Å².